The molecular formula is C26H51N2S+. The molecule has 3 heteroatoms. The van der Waals surface area contributed by atoms with Gasteiger partial charge in [-0.15, -0.1) is 4.68 Å². The Kier molecular flexibility index (Phi) is 19.1. The summed E-state index contributed by atoms with van der Waals surface area (Å²) in [6.45, 7) is 6.77. The summed E-state index contributed by atoms with van der Waals surface area (Å²) in [5.74, 6) is 2.80. The van der Waals surface area contributed by atoms with E-state index in [2.05, 4.69) is 53.4 Å². The highest BCUT2D eigenvalue weighted by atomic mass is 32.2. The van der Waals surface area contributed by atoms with Crippen molar-refractivity contribution in [2.24, 2.45) is 0 Å². The van der Waals surface area contributed by atoms with E-state index in [4.69, 9.17) is 0 Å². The van der Waals surface area contributed by atoms with Crippen molar-refractivity contribution in [2.75, 3.05) is 11.5 Å². The Labute approximate surface area is 187 Å². The molecule has 0 atom stereocenters. The van der Waals surface area contributed by atoms with Crippen molar-refractivity contribution in [3.8, 4) is 0 Å². The van der Waals surface area contributed by atoms with Gasteiger partial charge in [-0.2, -0.15) is 16.4 Å². The molecule has 170 valence electrons. The molecule has 0 unspecified atom stereocenters. The summed E-state index contributed by atoms with van der Waals surface area (Å²) in [5.41, 5.74) is 0. The molecule has 0 spiro atoms. The van der Waals surface area contributed by atoms with E-state index in [0.29, 0.717) is 0 Å². The molecule has 0 radical (unpaired) electrons. The SMILES string of the molecule is CCCCCCCCCCSCCCCCCCCCCC[n+]1cccn1CC. The number of unbranched alkanes of at least 4 members (excludes halogenated alkanes) is 15. The lowest BCUT2D eigenvalue weighted by atomic mass is 10.1. The fraction of sp³-hybridized carbons (Fsp3) is 0.885. The van der Waals surface area contributed by atoms with Crippen LogP contribution in [0, 0.1) is 0 Å². The van der Waals surface area contributed by atoms with Gasteiger partial charge in [0, 0.05) is 12.5 Å². The number of thioether (sulfide) groups is 1. The van der Waals surface area contributed by atoms with Crippen LogP contribution in [0.4, 0.5) is 0 Å². The monoisotopic (exact) mass is 423 g/mol. The lowest BCUT2D eigenvalue weighted by molar-refractivity contribution is -0.775. The van der Waals surface area contributed by atoms with Gasteiger partial charge in [0.2, 0.25) is 0 Å². The highest BCUT2D eigenvalue weighted by molar-refractivity contribution is 7.99. The van der Waals surface area contributed by atoms with Gasteiger partial charge in [0.1, 0.15) is 0 Å². The quantitative estimate of drug-likeness (QED) is 0.135. The smallest absolute Gasteiger partial charge is 0.162 e. The lowest BCUT2D eigenvalue weighted by Gasteiger charge is -2.04. The minimum atomic E-state index is 1.07. The summed E-state index contributed by atoms with van der Waals surface area (Å²) in [6, 6.07) is 2.15. The van der Waals surface area contributed by atoms with Gasteiger partial charge in [0.05, 0.1) is 12.7 Å². The Morgan fingerprint density at radius 1 is 0.621 bits per heavy atom. The molecule has 0 bridgehead atoms. The van der Waals surface area contributed by atoms with E-state index >= 15 is 0 Å². The molecule has 0 fully saturated rings. The Bertz CT molecular complexity index is 444. The molecule has 0 aliphatic carbocycles. The molecule has 1 aromatic rings. The van der Waals surface area contributed by atoms with Crippen LogP contribution in [-0.2, 0) is 13.1 Å². The van der Waals surface area contributed by atoms with Gasteiger partial charge < -0.3 is 0 Å². The third-order valence-electron chi connectivity index (χ3n) is 5.99. The van der Waals surface area contributed by atoms with Crippen molar-refractivity contribution in [1.82, 2.24) is 4.68 Å². The van der Waals surface area contributed by atoms with Crippen LogP contribution in [-0.4, -0.2) is 16.2 Å². The molecule has 2 nitrogen and oxygen atoms in total. The van der Waals surface area contributed by atoms with Gasteiger partial charge >= 0.3 is 0 Å². The van der Waals surface area contributed by atoms with Crippen LogP contribution in [0.3, 0.4) is 0 Å². The first-order valence-corrected chi connectivity index (χ1v) is 14.2. The molecule has 1 aromatic heterocycles. The second-order valence-electron chi connectivity index (χ2n) is 8.68. The first-order valence-electron chi connectivity index (χ1n) is 13.0. The van der Waals surface area contributed by atoms with Crippen molar-refractivity contribution >= 4 is 11.8 Å². The fourth-order valence-electron chi connectivity index (χ4n) is 4.05. The van der Waals surface area contributed by atoms with Crippen LogP contribution in [0.2, 0.25) is 0 Å². The number of aryl methyl sites for hydroxylation is 2. The van der Waals surface area contributed by atoms with Crippen LogP contribution < -0.4 is 4.68 Å². The first-order chi connectivity index (χ1) is 14.4. The third kappa shape index (κ3) is 16.0. The van der Waals surface area contributed by atoms with E-state index in [9.17, 15) is 0 Å². The van der Waals surface area contributed by atoms with Crippen molar-refractivity contribution in [2.45, 2.75) is 136 Å². The topological polar surface area (TPSA) is 8.81 Å². The molecular weight excluding hydrogens is 372 g/mol. The summed E-state index contributed by atoms with van der Waals surface area (Å²) in [5, 5.41) is 0. The summed E-state index contributed by atoms with van der Waals surface area (Å²) in [6.07, 6.45) is 28.8. The predicted octanol–water partition coefficient (Wildman–Crippen LogP) is 8.18. The van der Waals surface area contributed by atoms with Crippen molar-refractivity contribution in [3.63, 3.8) is 0 Å². The molecule has 0 saturated carbocycles. The summed E-state index contributed by atoms with van der Waals surface area (Å²) in [4.78, 5) is 0. The van der Waals surface area contributed by atoms with Gasteiger partial charge in [-0.1, -0.05) is 90.4 Å². The highest BCUT2D eigenvalue weighted by Crippen LogP contribution is 2.14. The molecule has 0 aliphatic rings. The number of rotatable bonds is 22. The van der Waals surface area contributed by atoms with Crippen LogP contribution in [0.25, 0.3) is 0 Å². The number of aromatic nitrogens is 2. The number of hydrogen-bond acceptors (Lipinski definition) is 1. The molecule has 29 heavy (non-hydrogen) atoms. The first kappa shape index (κ1) is 26.6. The van der Waals surface area contributed by atoms with Crippen LogP contribution in [0.1, 0.15) is 123 Å². The van der Waals surface area contributed by atoms with E-state index in [1.807, 2.05) is 0 Å². The largest absolute Gasteiger partial charge is 0.195 e. The summed E-state index contributed by atoms with van der Waals surface area (Å²) >= 11 is 2.20. The average molecular weight is 424 g/mol. The minimum absolute atomic E-state index is 1.07. The van der Waals surface area contributed by atoms with Crippen LogP contribution in [0.15, 0.2) is 18.5 Å². The van der Waals surface area contributed by atoms with Gasteiger partial charge in [-0.3, -0.25) is 0 Å². The maximum absolute atomic E-state index is 2.35. The molecule has 1 heterocycles. The van der Waals surface area contributed by atoms with Crippen molar-refractivity contribution in [3.05, 3.63) is 18.5 Å². The molecule has 0 N–H and O–H groups in total. The second-order valence-corrected chi connectivity index (χ2v) is 9.90. The summed E-state index contributed by atoms with van der Waals surface area (Å²) < 4.78 is 4.65. The van der Waals surface area contributed by atoms with Gasteiger partial charge in [-0.05, 0) is 37.7 Å². The van der Waals surface area contributed by atoms with Gasteiger partial charge in [-0.25, -0.2) is 0 Å². The average Bonchev–Trinajstić information content (AvgIpc) is 3.20. The zero-order valence-corrected chi connectivity index (χ0v) is 20.7. The van der Waals surface area contributed by atoms with E-state index in [1.165, 1.54) is 127 Å². The van der Waals surface area contributed by atoms with Gasteiger partial charge in [0.25, 0.3) is 0 Å². The van der Waals surface area contributed by atoms with Crippen LogP contribution in [0.5, 0.6) is 0 Å². The lowest BCUT2D eigenvalue weighted by Crippen LogP contribution is -2.42. The Hall–Kier alpha value is -0.440. The van der Waals surface area contributed by atoms with E-state index in [-0.39, 0.29) is 0 Å². The standard InChI is InChI=1S/C26H51N2S/c1-3-5-6-7-8-13-16-19-25-29-26-20-17-14-11-9-10-12-15-18-22-28-24-21-23-27(28)4-2/h21,23-24H,3-20,22,25-26H2,1-2H3/q+1. The number of nitrogens with zero attached hydrogens (tertiary/aromatic N) is 2. The Morgan fingerprint density at radius 2 is 1.10 bits per heavy atom. The summed E-state index contributed by atoms with van der Waals surface area (Å²) in [7, 11) is 0. The maximum Gasteiger partial charge on any atom is 0.195 e. The molecule has 1 rings (SSSR count). The second kappa shape index (κ2) is 20.8. The Morgan fingerprint density at radius 3 is 1.62 bits per heavy atom. The van der Waals surface area contributed by atoms with E-state index < -0.39 is 0 Å². The zero-order valence-electron chi connectivity index (χ0n) is 19.9. The fourth-order valence-corrected chi connectivity index (χ4v) is 5.07. The molecule has 0 saturated heterocycles. The highest BCUT2D eigenvalue weighted by Gasteiger charge is 2.05. The zero-order chi connectivity index (χ0) is 20.8. The predicted molar refractivity (Wildman–Crippen MR) is 132 cm³/mol. The number of hydrogen-bond donors (Lipinski definition) is 0. The van der Waals surface area contributed by atoms with Gasteiger partial charge in [0.15, 0.2) is 12.7 Å². The molecule has 0 aromatic carbocycles. The normalized spacial score (nSPS) is 11.4. The third-order valence-corrected chi connectivity index (χ3v) is 7.14. The van der Waals surface area contributed by atoms with Crippen molar-refractivity contribution in [1.29, 1.82) is 0 Å². The van der Waals surface area contributed by atoms with E-state index in [1.54, 1.807) is 0 Å². The Balaban J connectivity index is 1.70. The van der Waals surface area contributed by atoms with Crippen molar-refractivity contribution < 1.29 is 4.68 Å². The maximum atomic E-state index is 2.35. The minimum Gasteiger partial charge on any atom is -0.162 e. The van der Waals surface area contributed by atoms with Crippen LogP contribution >= 0.6 is 11.8 Å². The molecule has 0 aliphatic heterocycles. The molecule has 0 amide bonds. The van der Waals surface area contributed by atoms with E-state index in [0.717, 1.165) is 6.54 Å².